The van der Waals surface area contributed by atoms with Gasteiger partial charge in [0.05, 0.1) is 0 Å². The van der Waals surface area contributed by atoms with Gasteiger partial charge in [-0.1, -0.05) is 19.1 Å². The van der Waals surface area contributed by atoms with Gasteiger partial charge in [-0.25, -0.2) is 0 Å². The van der Waals surface area contributed by atoms with Gasteiger partial charge in [0.2, 0.25) is 0 Å². The van der Waals surface area contributed by atoms with E-state index in [1.807, 2.05) is 6.07 Å². The highest BCUT2D eigenvalue weighted by Crippen LogP contribution is 2.22. The van der Waals surface area contributed by atoms with Gasteiger partial charge in [0.1, 0.15) is 5.75 Å². The van der Waals surface area contributed by atoms with Crippen LogP contribution in [-0.2, 0) is 0 Å². The summed E-state index contributed by atoms with van der Waals surface area (Å²) in [7, 11) is 0. The molecule has 2 nitrogen and oxygen atoms in total. The summed E-state index contributed by atoms with van der Waals surface area (Å²) in [5.74, 6) is 6.05. The molecular formula is C15H19F2NO. The topological polar surface area (TPSA) is 21.3 Å². The van der Waals surface area contributed by atoms with E-state index in [0.29, 0.717) is 6.42 Å². The SMILES string of the molecule is CC#CCC(NCCC)c1cccc(OC(F)F)c1. The molecule has 1 unspecified atom stereocenters. The van der Waals surface area contributed by atoms with E-state index < -0.39 is 6.61 Å². The fraction of sp³-hybridized carbons (Fsp3) is 0.467. The van der Waals surface area contributed by atoms with Crippen LogP contribution < -0.4 is 10.1 Å². The highest BCUT2D eigenvalue weighted by Gasteiger charge is 2.11. The summed E-state index contributed by atoms with van der Waals surface area (Å²) in [4.78, 5) is 0. The monoisotopic (exact) mass is 267 g/mol. The number of hydrogen-bond donors (Lipinski definition) is 1. The average molecular weight is 267 g/mol. The summed E-state index contributed by atoms with van der Waals surface area (Å²) in [5, 5.41) is 3.36. The average Bonchev–Trinajstić information content (AvgIpc) is 2.38. The Bertz CT molecular complexity index is 437. The van der Waals surface area contributed by atoms with Crippen molar-refractivity contribution in [1.82, 2.24) is 5.32 Å². The fourth-order valence-electron chi connectivity index (χ4n) is 1.74. The molecule has 1 aromatic rings. The van der Waals surface area contributed by atoms with Crippen LogP contribution in [0.15, 0.2) is 24.3 Å². The molecule has 0 saturated carbocycles. The number of alkyl halides is 2. The summed E-state index contributed by atoms with van der Waals surface area (Å²) >= 11 is 0. The second kappa shape index (κ2) is 8.49. The molecule has 0 aliphatic carbocycles. The second-order valence-electron chi connectivity index (χ2n) is 4.09. The Morgan fingerprint density at radius 2 is 2.16 bits per heavy atom. The molecule has 104 valence electrons. The minimum atomic E-state index is -2.80. The molecule has 1 atom stereocenters. The first-order chi connectivity index (χ1) is 9.17. The molecule has 4 heteroatoms. The van der Waals surface area contributed by atoms with E-state index in [9.17, 15) is 8.78 Å². The third-order valence-corrected chi connectivity index (χ3v) is 2.61. The Labute approximate surface area is 113 Å². The molecule has 0 radical (unpaired) electrons. The predicted molar refractivity (Wildman–Crippen MR) is 72.2 cm³/mol. The zero-order valence-corrected chi connectivity index (χ0v) is 11.2. The van der Waals surface area contributed by atoms with E-state index in [1.165, 1.54) is 6.07 Å². The van der Waals surface area contributed by atoms with Crippen LogP contribution in [0, 0.1) is 11.8 Å². The number of hydrogen-bond acceptors (Lipinski definition) is 2. The number of ether oxygens (including phenoxy) is 1. The van der Waals surface area contributed by atoms with Crippen molar-refractivity contribution in [2.75, 3.05) is 6.54 Å². The van der Waals surface area contributed by atoms with Crippen LogP contribution in [0.5, 0.6) is 5.75 Å². The van der Waals surface area contributed by atoms with Crippen LogP contribution in [0.3, 0.4) is 0 Å². The van der Waals surface area contributed by atoms with Crippen LogP contribution in [0.25, 0.3) is 0 Å². The lowest BCUT2D eigenvalue weighted by atomic mass is 10.0. The lowest BCUT2D eigenvalue weighted by Crippen LogP contribution is -2.21. The maximum Gasteiger partial charge on any atom is 0.387 e. The van der Waals surface area contributed by atoms with Gasteiger partial charge in [-0.05, 0) is 37.6 Å². The first kappa shape index (κ1) is 15.5. The molecule has 0 spiro atoms. The number of halogens is 2. The molecule has 0 aliphatic rings. The third-order valence-electron chi connectivity index (χ3n) is 2.61. The quantitative estimate of drug-likeness (QED) is 0.760. The molecule has 0 aliphatic heterocycles. The molecule has 19 heavy (non-hydrogen) atoms. The van der Waals surface area contributed by atoms with Gasteiger partial charge >= 0.3 is 6.61 Å². The van der Waals surface area contributed by atoms with Crippen LogP contribution in [-0.4, -0.2) is 13.2 Å². The van der Waals surface area contributed by atoms with E-state index in [0.717, 1.165) is 18.5 Å². The molecule has 1 aromatic carbocycles. The summed E-state index contributed by atoms with van der Waals surface area (Å²) < 4.78 is 28.8. The largest absolute Gasteiger partial charge is 0.435 e. The van der Waals surface area contributed by atoms with E-state index >= 15 is 0 Å². The van der Waals surface area contributed by atoms with Gasteiger partial charge < -0.3 is 10.1 Å². The first-order valence-electron chi connectivity index (χ1n) is 6.35. The number of benzene rings is 1. The maximum atomic E-state index is 12.2. The minimum absolute atomic E-state index is 0.0358. The van der Waals surface area contributed by atoms with Crippen LogP contribution in [0.2, 0.25) is 0 Å². The Morgan fingerprint density at radius 1 is 1.37 bits per heavy atom. The van der Waals surface area contributed by atoms with Gasteiger partial charge in [-0.3, -0.25) is 0 Å². The fourth-order valence-corrected chi connectivity index (χ4v) is 1.74. The summed E-state index contributed by atoms with van der Waals surface area (Å²) in [6.45, 7) is 1.92. The molecule has 0 fully saturated rings. The van der Waals surface area contributed by atoms with Crippen molar-refractivity contribution < 1.29 is 13.5 Å². The van der Waals surface area contributed by atoms with Crippen LogP contribution in [0.4, 0.5) is 8.78 Å². The van der Waals surface area contributed by atoms with Crippen molar-refractivity contribution in [3.63, 3.8) is 0 Å². The zero-order valence-electron chi connectivity index (χ0n) is 11.2. The summed E-state index contributed by atoms with van der Waals surface area (Å²) in [6, 6.07) is 6.80. The third kappa shape index (κ3) is 5.71. The second-order valence-corrected chi connectivity index (χ2v) is 4.09. The molecular weight excluding hydrogens is 248 g/mol. The summed E-state index contributed by atoms with van der Waals surface area (Å²) in [6.07, 6.45) is 1.65. The lowest BCUT2D eigenvalue weighted by molar-refractivity contribution is -0.0499. The van der Waals surface area contributed by atoms with Gasteiger partial charge in [0, 0.05) is 12.5 Å². The highest BCUT2D eigenvalue weighted by atomic mass is 19.3. The number of rotatable bonds is 7. The molecule has 0 heterocycles. The van der Waals surface area contributed by atoms with Crippen molar-refractivity contribution in [2.45, 2.75) is 39.3 Å². The molecule has 1 N–H and O–H groups in total. The highest BCUT2D eigenvalue weighted by molar-refractivity contribution is 5.31. The van der Waals surface area contributed by atoms with Crippen molar-refractivity contribution in [3.8, 4) is 17.6 Å². The van der Waals surface area contributed by atoms with Gasteiger partial charge in [-0.2, -0.15) is 8.78 Å². The van der Waals surface area contributed by atoms with Crippen molar-refractivity contribution in [3.05, 3.63) is 29.8 Å². The smallest absolute Gasteiger partial charge is 0.387 e. The van der Waals surface area contributed by atoms with E-state index in [1.54, 1.807) is 19.1 Å². The Hall–Kier alpha value is -1.60. The zero-order chi connectivity index (χ0) is 14.1. The van der Waals surface area contributed by atoms with Crippen LogP contribution in [0.1, 0.15) is 38.3 Å². The lowest BCUT2D eigenvalue weighted by Gasteiger charge is -2.17. The molecule has 0 saturated heterocycles. The Balaban J connectivity index is 2.83. The van der Waals surface area contributed by atoms with Gasteiger partial charge in [0.25, 0.3) is 0 Å². The minimum Gasteiger partial charge on any atom is -0.435 e. The van der Waals surface area contributed by atoms with Crippen molar-refractivity contribution in [1.29, 1.82) is 0 Å². The van der Waals surface area contributed by atoms with E-state index in [-0.39, 0.29) is 11.8 Å². The Morgan fingerprint density at radius 3 is 2.79 bits per heavy atom. The standard InChI is InChI=1S/C15H19F2NO/c1-3-5-9-14(18-10-4-2)12-7-6-8-13(11-12)19-15(16)17/h6-8,11,14-15,18H,4,9-10H2,1-2H3. The summed E-state index contributed by atoms with van der Waals surface area (Å²) in [5.41, 5.74) is 0.911. The normalized spacial score (nSPS) is 11.8. The van der Waals surface area contributed by atoms with Gasteiger partial charge in [-0.15, -0.1) is 11.8 Å². The predicted octanol–water partition coefficient (Wildman–Crippen LogP) is 3.74. The van der Waals surface area contributed by atoms with E-state index in [2.05, 4.69) is 28.8 Å². The first-order valence-corrected chi connectivity index (χ1v) is 6.35. The molecule has 0 amide bonds. The molecule has 1 rings (SSSR count). The Kier molecular flexibility index (Phi) is 6.91. The van der Waals surface area contributed by atoms with Crippen LogP contribution >= 0.6 is 0 Å². The van der Waals surface area contributed by atoms with E-state index in [4.69, 9.17) is 0 Å². The molecule has 0 aromatic heterocycles. The number of nitrogens with one attached hydrogen (secondary N) is 1. The van der Waals surface area contributed by atoms with Crippen molar-refractivity contribution >= 4 is 0 Å². The maximum absolute atomic E-state index is 12.2. The van der Waals surface area contributed by atoms with Crippen molar-refractivity contribution in [2.24, 2.45) is 0 Å². The molecule has 0 bridgehead atoms. The van der Waals surface area contributed by atoms with Gasteiger partial charge in [0.15, 0.2) is 0 Å².